The lowest BCUT2D eigenvalue weighted by Gasteiger charge is -2.15. The van der Waals surface area contributed by atoms with Crippen molar-refractivity contribution in [2.24, 2.45) is 0 Å². The van der Waals surface area contributed by atoms with E-state index in [1.54, 1.807) is 19.9 Å². The third kappa shape index (κ3) is 3.91. The van der Waals surface area contributed by atoms with E-state index in [0.717, 1.165) is 6.29 Å². The van der Waals surface area contributed by atoms with Gasteiger partial charge in [-0.3, -0.25) is 0 Å². The Kier molecular flexibility index (Phi) is 3.17. The minimum Gasteiger partial charge on any atom is -0.364 e. The Bertz CT molecular complexity index is 105. The molecule has 0 aromatic rings. The van der Waals surface area contributed by atoms with Crippen molar-refractivity contribution in [1.29, 1.82) is 0 Å². The van der Waals surface area contributed by atoms with Crippen LogP contribution >= 0.6 is 0 Å². The van der Waals surface area contributed by atoms with Crippen LogP contribution in [0, 0.1) is 0 Å². The van der Waals surface area contributed by atoms with Gasteiger partial charge in [-0.05, 0) is 13.8 Å². The third-order valence-electron chi connectivity index (χ3n) is 0.857. The average Bonchev–Trinajstić information content (AvgIpc) is 1.84. The van der Waals surface area contributed by atoms with Crippen LogP contribution < -0.4 is 0 Å². The molecule has 0 aromatic carbocycles. The molecule has 0 aliphatic heterocycles. The number of rotatable bonds is 4. The van der Waals surface area contributed by atoms with E-state index in [-0.39, 0.29) is 0 Å². The fraction of sp³-hybridized carbons (Fsp3) is 0.571. The van der Waals surface area contributed by atoms with Crippen LogP contribution in [0.5, 0.6) is 0 Å². The quantitative estimate of drug-likeness (QED) is 0.419. The lowest BCUT2D eigenvalue weighted by Crippen LogP contribution is -2.25. The van der Waals surface area contributed by atoms with Crippen molar-refractivity contribution < 1.29 is 9.53 Å². The molecule has 0 spiro atoms. The van der Waals surface area contributed by atoms with Gasteiger partial charge in [-0.15, -0.1) is 6.58 Å². The highest BCUT2D eigenvalue weighted by Crippen LogP contribution is 2.03. The highest BCUT2D eigenvalue weighted by atomic mass is 16.5. The topological polar surface area (TPSA) is 26.3 Å². The fourth-order valence-electron chi connectivity index (χ4n) is 0.308. The fourth-order valence-corrected chi connectivity index (χ4v) is 0.308. The summed E-state index contributed by atoms with van der Waals surface area (Å²) in [5.74, 6) is 0. The molecule has 0 saturated carbocycles. The van der Waals surface area contributed by atoms with Gasteiger partial charge in [0.25, 0.3) is 0 Å². The second-order valence-corrected chi connectivity index (χ2v) is 2.32. The van der Waals surface area contributed by atoms with E-state index in [2.05, 4.69) is 6.58 Å². The molecule has 2 nitrogen and oxygen atoms in total. The summed E-state index contributed by atoms with van der Waals surface area (Å²) >= 11 is 0. The van der Waals surface area contributed by atoms with Gasteiger partial charge < -0.3 is 9.53 Å². The number of aldehydes is 1. The largest absolute Gasteiger partial charge is 0.364 e. The van der Waals surface area contributed by atoms with Crippen LogP contribution in [-0.2, 0) is 9.53 Å². The van der Waals surface area contributed by atoms with Crippen molar-refractivity contribution in [3.8, 4) is 0 Å². The van der Waals surface area contributed by atoms with Gasteiger partial charge in [-0.1, -0.05) is 6.08 Å². The van der Waals surface area contributed by atoms with Crippen LogP contribution in [0.15, 0.2) is 12.7 Å². The van der Waals surface area contributed by atoms with E-state index in [1.165, 1.54) is 0 Å². The van der Waals surface area contributed by atoms with Crippen molar-refractivity contribution in [2.45, 2.75) is 19.4 Å². The average molecular weight is 128 g/mol. The molecule has 0 fully saturated rings. The van der Waals surface area contributed by atoms with Crippen molar-refractivity contribution in [2.75, 3.05) is 6.61 Å². The molecule has 0 radical (unpaired) electrons. The van der Waals surface area contributed by atoms with E-state index < -0.39 is 5.60 Å². The molecule has 0 saturated heterocycles. The number of ether oxygens (including phenoxy) is 1. The van der Waals surface area contributed by atoms with Crippen molar-refractivity contribution >= 4 is 6.29 Å². The summed E-state index contributed by atoms with van der Waals surface area (Å²) in [5.41, 5.74) is -0.659. The Morgan fingerprint density at radius 3 is 2.56 bits per heavy atom. The zero-order valence-corrected chi connectivity index (χ0v) is 5.89. The van der Waals surface area contributed by atoms with E-state index in [9.17, 15) is 4.79 Å². The van der Waals surface area contributed by atoms with Gasteiger partial charge in [-0.2, -0.15) is 0 Å². The second kappa shape index (κ2) is 3.41. The summed E-state index contributed by atoms with van der Waals surface area (Å²) < 4.78 is 5.04. The molecule has 0 unspecified atom stereocenters. The first-order valence-electron chi connectivity index (χ1n) is 2.83. The highest BCUT2D eigenvalue weighted by molar-refractivity contribution is 5.60. The molecule has 0 aromatic heterocycles. The Labute approximate surface area is 55.5 Å². The highest BCUT2D eigenvalue weighted by Gasteiger charge is 2.14. The summed E-state index contributed by atoms with van der Waals surface area (Å²) in [6.45, 7) is 7.30. The minimum atomic E-state index is -0.659. The lowest BCUT2D eigenvalue weighted by molar-refractivity contribution is -0.125. The molecule has 0 aliphatic carbocycles. The normalized spacial score (nSPS) is 10.9. The summed E-state index contributed by atoms with van der Waals surface area (Å²) in [6.07, 6.45) is 2.39. The zero-order chi connectivity index (χ0) is 7.33. The van der Waals surface area contributed by atoms with Crippen molar-refractivity contribution in [1.82, 2.24) is 0 Å². The first-order chi connectivity index (χ1) is 4.12. The molecule has 0 heterocycles. The smallest absolute Gasteiger partial charge is 0.151 e. The molecule has 0 bridgehead atoms. The van der Waals surface area contributed by atoms with Crippen LogP contribution in [0.1, 0.15) is 13.8 Å². The maximum atomic E-state index is 10.2. The maximum absolute atomic E-state index is 10.2. The molecule has 0 rings (SSSR count). The van der Waals surface area contributed by atoms with Gasteiger partial charge in [0.1, 0.15) is 5.60 Å². The first kappa shape index (κ1) is 8.37. The minimum absolute atomic E-state index is 0.422. The molecule has 52 valence electrons. The molecule has 0 N–H and O–H groups in total. The van der Waals surface area contributed by atoms with E-state index in [1.807, 2.05) is 0 Å². The van der Waals surface area contributed by atoms with E-state index in [0.29, 0.717) is 6.61 Å². The van der Waals surface area contributed by atoms with E-state index >= 15 is 0 Å². The predicted octanol–water partition coefficient (Wildman–Crippen LogP) is 1.17. The molecule has 0 amide bonds. The van der Waals surface area contributed by atoms with Gasteiger partial charge in [0.05, 0.1) is 6.61 Å². The molecule has 9 heavy (non-hydrogen) atoms. The zero-order valence-electron chi connectivity index (χ0n) is 5.89. The van der Waals surface area contributed by atoms with Gasteiger partial charge >= 0.3 is 0 Å². The van der Waals surface area contributed by atoms with Crippen LogP contribution in [0.25, 0.3) is 0 Å². The van der Waals surface area contributed by atoms with Crippen LogP contribution in [0.2, 0.25) is 0 Å². The maximum Gasteiger partial charge on any atom is 0.151 e. The molecular weight excluding hydrogens is 116 g/mol. The number of hydrogen-bond acceptors (Lipinski definition) is 2. The first-order valence-corrected chi connectivity index (χ1v) is 2.83. The monoisotopic (exact) mass is 128 g/mol. The summed E-state index contributed by atoms with van der Waals surface area (Å²) in [6, 6.07) is 0. The van der Waals surface area contributed by atoms with Crippen molar-refractivity contribution in [3.63, 3.8) is 0 Å². The Balaban J connectivity index is 3.57. The van der Waals surface area contributed by atoms with Gasteiger partial charge in [0.2, 0.25) is 0 Å². The lowest BCUT2D eigenvalue weighted by atomic mass is 10.2. The summed E-state index contributed by atoms with van der Waals surface area (Å²) in [5, 5.41) is 0. The summed E-state index contributed by atoms with van der Waals surface area (Å²) in [7, 11) is 0. The number of carbonyl (C=O) groups excluding carboxylic acids is 1. The predicted molar refractivity (Wildman–Crippen MR) is 36.3 cm³/mol. The Morgan fingerprint density at radius 2 is 2.22 bits per heavy atom. The van der Waals surface area contributed by atoms with E-state index in [4.69, 9.17) is 4.74 Å². The standard InChI is InChI=1S/C7H12O2/c1-4-5-9-7(2,3)6-8/h4,6H,1,5H2,2-3H3. The van der Waals surface area contributed by atoms with Crippen LogP contribution in [0.3, 0.4) is 0 Å². The molecule has 0 aliphatic rings. The molecule has 0 atom stereocenters. The third-order valence-corrected chi connectivity index (χ3v) is 0.857. The number of hydrogen-bond donors (Lipinski definition) is 0. The van der Waals surface area contributed by atoms with Crippen LogP contribution in [-0.4, -0.2) is 18.5 Å². The SMILES string of the molecule is C=CCOC(C)(C)C=O. The number of carbonyl (C=O) groups is 1. The van der Waals surface area contributed by atoms with Crippen molar-refractivity contribution in [3.05, 3.63) is 12.7 Å². The van der Waals surface area contributed by atoms with Gasteiger partial charge in [0.15, 0.2) is 6.29 Å². The second-order valence-electron chi connectivity index (χ2n) is 2.32. The van der Waals surface area contributed by atoms with Crippen LogP contribution in [0.4, 0.5) is 0 Å². The molecular formula is C7H12O2. The van der Waals surface area contributed by atoms with Gasteiger partial charge in [0, 0.05) is 0 Å². The Morgan fingerprint density at radius 1 is 1.67 bits per heavy atom. The van der Waals surface area contributed by atoms with Gasteiger partial charge in [-0.25, -0.2) is 0 Å². The Hall–Kier alpha value is -0.630. The summed E-state index contributed by atoms with van der Waals surface area (Å²) in [4.78, 5) is 10.2. The molecule has 2 heteroatoms.